The molecule has 0 saturated carbocycles. The standard InChI is InChI=1S/C18H28N2O3/c1-2-23-18-6-5-14(9-15(18)13-21)10-19-11-16(17(22)12-19)20-7-3-4-8-20/h5-6,9,16-17,21-22H,2-4,7-8,10-13H2,1H3/t16-,17-/m1/s1. The van der Waals surface area contributed by atoms with Crippen LogP contribution in [-0.2, 0) is 13.2 Å². The molecule has 0 radical (unpaired) electrons. The Morgan fingerprint density at radius 2 is 2.00 bits per heavy atom. The summed E-state index contributed by atoms with van der Waals surface area (Å²) in [6.07, 6.45) is 2.25. The Labute approximate surface area is 138 Å². The first-order chi connectivity index (χ1) is 11.2. The molecule has 3 rings (SSSR count). The zero-order valence-electron chi connectivity index (χ0n) is 13.9. The lowest BCUT2D eigenvalue weighted by molar-refractivity contribution is 0.0978. The molecule has 0 aliphatic carbocycles. The summed E-state index contributed by atoms with van der Waals surface area (Å²) >= 11 is 0. The quantitative estimate of drug-likeness (QED) is 0.825. The molecule has 128 valence electrons. The zero-order valence-corrected chi connectivity index (χ0v) is 13.9. The number of nitrogens with zero attached hydrogens (tertiary/aromatic N) is 2. The molecule has 1 aromatic carbocycles. The number of β-amino-alcohol motifs (C(OH)–C–C–N with tert-alkyl or cyclic N) is 1. The van der Waals surface area contributed by atoms with Gasteiger partial charge in [-0.05, 0) is 50.6 Å². The van der Waals surface area contributed by atoms with Gasteiger partial charge in [0.2, 0.25) is 0 Å². The molecule has 2 saturated heterocycles. The van der Waals surface area contributed by atoms with Crippen molar-refractivity contribution in [1.29, 1.82) is 0 Å². The van der Waals surface area contributed by atoms with Crippen LogP contribution in [0.2, 0.25) is 0 Å². The molecule has 1 aromatic rings. The normalized spacial score (nSPS) is 26.0. The molecule has 2 heterocycles. The van der Waals surface area contributed by atoms with E-state index in [0.29, 0.717) is 6.61 Å². The van der Waals surface area contributed by atoms with E-state index in [9.17, 15) is 10.2 Å². The summed E-state index contributed by atoms with van der Waals surface area (Å²) in [4.78, 5) is 4.74. The predicted molar refractivity (Wildman–Crippen MR) is 89.4 cm³/mol. The Morgan fingerprint density at radius 1 is 1.22 bits per heavy atom. The molecule has 2 aliphatic heterocycles. The summed E-state index contributed by atoms with van der Waals surface area (Å²) in [5, 5.41) is 19.9. The summed E-state index contributed by atoms with van der Waals surface area (Å²) < 4.78 is 5.53. The van der Waals surface area contributed by atoms with E-state index >= 15 is 0 Å². The van der Waals surface area contributed by atoms with Crippen molar-refractivity contribution in [3.63, 3.8) is 0 Å². The van der Waals surface area contributed by atoms with Crippen molar-refractivity contribution in [2.75, 3.05) is 32.8 Å². The minimum Gasteiger partial charge on any atom is -0.494 e. The van der Waals surface area contributed by atoms with Crippen molar-refractivity contribution in [3.8, 4) is 5.75 Å². The number of hydrogen-bond acceptors (Lipinski definition) is 5. The van der Waals surface area contributed by atoms with Crippen LogP contribution in [0, 0.1) is 0 Å². The second-order valence-electron chi connectivity index (χ2n) is 6.61. The van der Waals surface area contributed by atoms with Crippen LogP contribution in [0.5, 0.6) is 5.75 Å². The number of benzene rings is 1. The van der Waals surface area contributed by atoms with Crippen LogP contribution in [0.15, 0.2) is 18.2 Å². The van der Waals surface area contributed by atoms with Gasteiger partial charge in [0, 0.05) is 31.2 Å². The molecule has 2 N–H and O–H groups in total. The monoisotopic (exact) mass is 320 g/mol. The van der Waals surface area contributed by atoms with Crippen molar-refractivity contribution in [1.82, 2.24) is 9.80 Å². The van der Waals surface area contributed by atoms with Gasteiger partial charge in [0.05, 0.1) is 19.3 Å². The Hall–Kier alpha value is -1.14. The van der Waals surface area contributed by atoms with E-state index in [1.54, 1.807) is 0 Å². The van der Waals surface area contributed by atoms with E-state index in [2.05, 4.69) is 15.9 Å². The second kappa shape index (κ2) is 7.62. The van der Waals surface area contributed by atoms with E-state index in [0.717, 1.165) is 49.6 Å². The summed E-state index contributed by atoms with van der Waals surface area (Å²) in [6.45, 7) is 7.22. The molecule has 0 spiro atoms. The van der Waals surface area contributed by atoms with Crippen LogP contribution in [-0.4, -0.2) is 64.9 Å². The fourth-order valence-electron chi connectivity index (χ4n) is 3.82. The van der Waals surface area contributed by atoms with Crippen molar-refractivity contribution in [3.05, 3.63) is 29.3 Å². The fraction of sp³-hybridized carbons (Fsp3) is 0.667. The van der Waals surface area contributed by atoms with Gasteiger partial charge in [0.15, 0.2) is 0 Å². The van der Waals surface area contributed by atoms with E-state index in [4.69, 9.17) is 4.74 Å². The van der Waals surface area contributed by atoms with Gasteiger partial charge in [-0.3, -0.25) is 9.80 Å². The van der Waals surface area contributed by atoms with Gasteiger partial charge in [0.25, 0.3) is 0 Å². The van der Waals surface area contributed by atoms with Crippen LogP contribution in [0.25, 0.3) is 0 Å². The molecule has 0 amide bonds. The number of aliphatic hydroxyl groups is 2. The first kappa shape index (κ1) is 16.7. The molecule has 2 atom stereocenters. The summed E-state index contributed by atoms with van der Waals surface area (Å²) in [5.74, 6) is 0.759. The minimum atomic E-state index is -0.256. The Bertz CT molecular complexity index is 517. The highest BCUT2D eigenvalue weighted by molar-refractivity contribution is 5.37. The number of likely N-dealkylation sites (tertiary alicyclic amines) is 2. The third-order valence-corrected chi connectivity index (χ3v) is 4.95. The maximum absolute atomic E-state index is 10.4. The molecule has 5 nitrogen and oxygen atoms in total. The lowest BCUT2D eigenvalue weighted by Crippen LogP contribution is -2.41. The minimum absolute atomic E-state index is 0.0117. The van der Waals surface area contributed by atoms with Gasteiger partial charge in [-0.2, -0.15) is 0 Å². The van der Waals surface area contributed by atoms with Gasteiger partial charge >= 0.3 is 0 Å². The van der Waals surface area contributed by atoms with E-state index < -0.39 is 0 Å². The maximum Gasteiger partial charge on any atom is 0.124 e. The van der Waals surface area contributed by atoms with Crippen LogP contribution < -0.4 is 4.74 Å². The van der Waals surface area contributed by atoms with Gasteiger partial charge in [0.1, 0.15) is 5.75 Å². The maximum atomic E-state index is 10.4. The Kier molecular flexibility index (Phi) is 5.54. The van der Waals surface area contributed by atoms with Crippen molar-refractivity contribution < 1.29 is 14.9 Å². The first-order valence-electron chi connectivity index (χ1n) is 8.71. The lowest BCUT2D eigenvalue weighted by Gasteiger charge is -2.25. The number of ether oxygens (including phenoxy) is 1. The third-order valence-electron chi connectivity index (χ3n) is 4.95. The highest BCUT2D eigenvalue weighted by atomic mass is 16.5. The highest BCUT2D eigenvalue weighted by Gasteiger charge is 2.36. The molecule has 0 bridgehead atoms. The Morgan fingerprint density at radius 3 is 2.70 bits per heavy atom. The molecule has 0 aromatic heterocycles. The van der Waals surface area contributed by atoms with E-state index in [-0.39, 0.29) is 18.8 Å². The largest absolute Gasteiger partial charge is 0.494 e. The molecule has 0 unspecified atom stereocenters. The molecule has 2 fully saturated rings. The molecule has 23 heavy (non-hydrogen) atoms. The average molecular weight is 320 g/mol. The van der Waals surface area contributed by atoms with E-state index in [1.165, 1.54) is 12.8 Å². The summed E-state index contributed by atoms with van der Waals surface area (Å²) in [7, 11) is 0. The third kappa shape index (κ3) is 3.86. The summed E-state index contributed by atoms with van der Waals surface area (Å²) in [5.41, 5.74) is 1.99. The average Bonchev–Trinajstić information content (AvgIpc) is 3.18. The fourth-order valence-corrected chi connectivity index (χ4v) is 3.82. The second-order valence-corrected chi connectivity index (χ2v) is 6.61. The van der Waals surface area contributed by atoms with Crippen LogP contribution in [0.4, 0.5) is 0 Å². The number of rotatable bonds is 6. The number of aliphatic hydroxyl groups excluding tert-OH is 2. The zero-order chi connectivity index (χ0) is 16.2. The smallest absolute Gasteiger partial charge is 0.124 e. The highest BCUT2D eigenvalue weighted by Crippen LogP contribution is 2.25. The molecule has 2 aliphatic rings. The topological polar surface area (TPSA) is 56.2 Å². The lowest BCUT2D eigenvalue weighted by atomic mass is 10.1. The SMILES string of the molecule is CCOc1ccc(CN2C[C@@H](O)[C@H](N3CCCC3)C2)cc1CO. The van der Waals surface area contributed by atoms with Crippen molar-refractivity contribution >= 4 is 0 Å². The van der Waals surface area contributed by atoms with Crippen LogP contribution in [0.3, 0.4) is 0 Å². The van der Waals surface area contributed by atoms with Crippen LogP contribution in [0.1, 0.15) is 30.9 Å². The van der Waals surface area contributed by atoms with Gasteiger partial charge < -0.3 is 14.9 Å². The molecular formula is C18H28N2O3. The number of hydrogen-bond donors (Lipinski definition) is 2. The van der Waals surface area contributed by atoms with Crippen molar-refractivity contribution in [2.24, 2.45) is 0 Å². The first-order valence-corrected chi connectivity index (χ1v) is 8.71. The van der Waals surface area contributed by atoms with Crippen LogP contribution >= 0.6 is 0 Å². The van der Waals surface area contributed by atoms with Gasteiger partial charge in [-0.25, -0.2) is 0 Å². The Balaban J connectivity index is 1.63. The summed E-state index contributed by atoms with van der Waals surface area (Å²) in [6, 6.07) is 6.28. The van der Waals surface area contributed by atoms with E-state index in [1.807, 2.05) is 19.1 Å². The van der Waals surface area contributed by atoms with Crippen molar-refractivity contribution in [2.45, 2.75) is 45.1 Å². The van der Waals surface area contributed by atoms with Gasteiger partial charge in [-0.15, -0.1) is 0 Å². The predicted octanol–water partition coefficient (Wildman–Crippen LogP) is 1.22. The van der Waals surface area contributed by atoms with Gasteiger partial charge in [-0.1, -0.05) is 6.07 Å². The molecular weight excluding hydrogens is 292 g/mol. The molecule has 5 heteroatoms.